The highest BCUT2D eigenvalue weighted by Crippen LogP contribution is 2.28. The minimum absolute atomic E-state index is 0.410. The van der Waals surface area contributed by atoms with Gasteiger partial charge in [-0.2, -0.15) is 0 Å². The second-order valence-electron chi connectivity index (χ2n) is 4.81. The number of carbonyl (C=O) groups excluding carboxylic acids is 1. The number of anilines is 1. The van der Waals surface area contributed by atoms with Crippen LogP contribution in [0.3, 0.4) is 0 Å². The summed E-state index contributed by atoms with van der Waals surface area (Å²) < 4.78 is 0. The van der Waals surface area contributed by atoms with Crippen LogP contribution < -0.4 is 11.1 Å². The molecule has 3 rings (SSSR count). The van der Waals surface area contributed by atoms with Crippen LogP contribution in [0, 0.1) is 0 Å². The van der Waals surface area contributed by atoms with Crippen molar-refractivity contribution in [2.75, 3.05) is 5.32 Å². The first-order valence-corrected chi connectivity index (χ1v) is 7.68. The van der Waals surface area contributed by atoms with Gasteiger partial charge in [0.2, 0.25) is 5.91 Å². The van der Waals surface area contributed by atoms with E-state index in [1.807, 2.05) is 36.5 Å². The summed E-state index contributed by atoms with van der Waals surface area (Å²) in [7, 11) is 0. The van der Waals surface area contributed by atoms with Gasteiger partial charge in [-0.25, -0.2) is 4.98 Å². The topological polar surface area (TPSA) is 68.0 Å². The molecule has 0 aliphatic carbocycles. The number of rotatable bonds is 5. The highest BCUT2D eigenvalue weighted by Gasteiger charge is 2.04. The van der Waals surface area contributed by atoms with Gasteiger partial charge in [-0.1, -0.05) is 53.8 Å². The normalized spacial score (nSPS) is 10.4. The maximum absolute atomic E-state index is 11.0. The number of amides is 1. The van der Waals surface area contributed by atoms with Crippen LogP contribution >= 0.6 is 11.3 Å². The molecular weight excluding hydrogens is 294 g/mol. The third kappa shape index (κ3) is 3.32. The lowest BCUT2D eigenvalue weighted by Crippen LogP contribution is -2.10. The van der Waals surface area contributed by atoms with Crippen LogP contribution in [0.2, 0.25) is 0 Å². The molecule has 0 saturated carbocycles. The molecule has 0 bridgehead atoms. The van der Waals surface area contributed by atoms with E-state index in [0.29, 0.717) is 12.1 Å². The fraction of sp³-hybridized carbons (Fsp3) is 0.0588. The molecular formula is C17H15N3OS. The Morgan fingerprint density at radius 2 is 1.82 bits per heavy atom. The van der Waals surface area contributed by atoms with Crippen LogP contribution in [0.5, 0.6) is 0 Å². The van der Waals surface area contributed by atoms with Crippen LogP contribution in [-0.2, 0) is 6.54 Å². The van der Waals surface area contributed by atoms with E-state index in [9.17, 15) is 4.79 Å². The van der Waals surface area contributed by atoms with Gasteiger partial charge in [0.25, 0.3) is 0 Å². The van der Waals surface area contributed by atoms with Gasteiger partial charge in [-0.3, -0.25) is 4.79 Å². The fourth-order valence-corrected chi connectivity index (χ4v) is 2.87. The van der Waals surface area contributed by atoms with Crippen molar-refractivity contribution in [2.45, 2.75) is 6.54 Å². The molecule has 2 aromatic carbocycles. The van der Waals surface area contributed by atoms with Gasteiger partial charge >= 0.3 is 0 Å². The number of carbonyl (C=O) groups is 1. The Morgan fingerprint density at radius 3 is 2.50 bits per heavy atom. The summed E-state index contributed by atoms with van der Waals surface area (Å²) in [6.45, 7) is 0.654. The van der Waals surface area contributed by atoms with Crippen molar-refractivity contribution in [1.29, 1.82) is 0 Å². The highest BCUT2D eigenvalue weighted by molar-refractivity contribution is 7.18. The molecule has 1 aromatic heterocycles. The molecule has 3 aromatic rings. The summed E-state index contributed by atoms with van der Waals surface area (Å²) in [6.07, 6.45) is 1.87. The van der Waals surface area contributed by atoms with Crippen molar-refractivity contribution in [3.63, 3.8) is 0 Å². The SMILES string of the molecule is NC(=O)c1ccc(CNc2ncc(-c3ccccc3)s2)cc1. The van der Waals surface area contributed by atoms with E-state index in [2.05, 4.69) is 22.4 Å². The fourth-order valence-electron chi connectivity index (χ4n) is 2.06. The van der Waals surface area contributed by atoms with Crippen LogP contribution in [0.25, 0.3) is 10.4 Å². The maximum Gasteiger partial charge on any atom is 0.248 e. The molecule has 5 heteroatoms. The Labute approximate surface area is 132 Å². The third-order valence-corrected chi connectivity index (χ3v) is 4.25. The predicted octanol–water partition coefficient (Wildman–Crippen LogP) is 3.52. The summed E-state index contributed by atoms with van der Waals surface area (Å²) in [5.74, 6) is -0.410. The summed E-state index contributed by atoms with van der Waals surface area (Å²) in [5.41, 5.74) is 7.98. The zero-order chi connectivity index (χ0) is 15.4. The van der Waals surface area contributed by atoms with E-state index in [-0.39, 0.29) is 0 Å². The van der Waals surface area contributed by atoms with E-state index in [4.69, 9.17) is 5.73 Å². The molecule has 1 amide bonds. The molecule has 0 fully saturated rings. The minimum Gasteiger partial charge on any atom is -0.366 e. The molecule has 0 atom stereocenters. The van der Waals surface area contributed by atoms with Crippen LogP contribution in [0.4, 0.5) is 5.13 Å². The van der Waals surface area contributed by atoms with Crippen molar-refractivity contribution in [1.82, 2.24) is 4.98 Å². The average molecular weight is 309 g/mol. The predicted molar refractivity (Wildman–Crippen MR) is 89.8 cm³/mol. The third-order valence-electron chi connectivity index (χ3n) is 3.25. The second kappa shape index (κ2) is 6.41. The number of nitrogens with one attached hydrogen (secondary N) is 1. The summed E-state index contributed by atoms with van der Waals surface area (Å²) in [5, 5.41) is 4.16. The molecule has 0 aliphatic rings. The lowest BCUT2D eigenvalue weighted by atomic mass is 10.1. The van der Waals surface area contributed by atoms with Crippen LogP contribution in [-0.4, -0.2) is 10.9 Å². The molecule has 0 spiro atoms. The van der Waals surface area contributed by atoms with Crippen molar-refractivity contribution < 1.29 is 4.79 Å². The zero-order valence-corrected chi connectivity index (χ0v) is 12.6. The van der Waals surface area contributed by atoms with E-state index in [1.54, 1.807) is 23.5 Å². The Morgan fingerprint density at radius 1 is 1.09 bits per heavy atom. The molecule has 0 aliphatic heterocycles. The van der Waals surface area contributed by atoms with Gasteiger partial charge in [-0.05, 0) is 23.3 Å². The van der Waals surface area contributed by atoms with Crippen molar-refractivity contribution in [3.05, 3.63) is 71.9 Å². The number of nitrogens with zero attached hydrogens (tertiary/aromatic N) is 1. The molecule has 110 valence electrons. The van der Waals surface area contributed by atoms with E-state index in [0.717, 1.165) is 15.6 Å². The number of nitrogens with two attached hydrogens (primary N) is 1. The second-order valence-corrected chi connectivity index (χ2v) is 5.84. The molecule has 1 heterocycles. The maximum atomic E-state index is 11.0. The zero-order valence-electron chi connectivity index (χ0n) is 11.8. The monoisotopic (exact) mass is 309 g/mol. The first kappa shape index (κ1) is 14.3. The van der Waals surface area contributed by atoms with Gasteiger partial charge < -0.3 is 11.1 Å². The first-order valence-electron chi connectivity index (χ1n) is 6.86. The lowest BCUT2D eigenvalue weighted by molar-refractivity contribution is 0.100. The quantitative estimate of drug-likeness (QED) is 0.757. The average Bonchev–Trinajstić information content (AvgIpc) is 3.03. The van der Waals surface area contributed by atoms with Gasteiger partial charge in [0.05, 0.1) is 4.88 Å². The Kier molecular flexibility index (Phi) is 4.16. The molecule has 4 nitrogen and oxygen atoms in total. The van der Waals surface area contributed by atoms with E-state index >= 15 is 0 Å². The summed E-state index contributed by atoms with van der Waals surface area (Å²) in [4.78, 5) is 16.5. The van der Waals surface area contributed by atoms with Gasteiger partial charge in [0.1, 0.15) is 0 Å². The standard InChI is InChI=1S/C17H15N3OS/c18-16(21)14-8-6-12(7-9-14)10-19-17-20-11-15(22-17)13-4-2-1-3-5-13/h1-9,11H,10H2,(H2,18,21)(H,19,20). The number of hydrogen-bond donors (Lipinski definition) is 2. The van der Waals surface area contributed by atoms with Crippen molar-refractivity contribution in [2.24, 2.45) is 5.73 Å². The van der Waals surface area contributed by atoms with Crippen LogP contribution in [0.1, 0.15) is 15.9 Å². The van der Waals surface area contributed by atoms with Crippen LogP contribution in [0.15, 0.2) is 60.8 Å². The highest BCUT2D eigenvalue weighted by atomic mass is 32.1. The first-order chi connectivity index (χ1) is 10.7. The lowest BCUT2D eigenvalue weighted by Gasteiger charge is -2.03. The van der Waals surface area contributed by atoms with Crippen molar-refractivity contribution >= 4 is 22.4 Å². The van der Waals surface area contributed by atoms with E-state index < -0.39 is 5.91 Å². The minimum atomic E-state index is -0.410. The Bertz CT molecular complexity index is 766. The molecule has 0 unspecified atom stereocenters. The number of hydrogen-bond acceptors (Lipinski definition) is 4. The van der Waals surface area contributed by atoms with E-state index in [1.165, 1.54) is 5.56 Å². The smallest absolute Gasteiger partial charge is 0.248 e. The summed E-state index contributed by atoms with van der Waals surface area (Å²) in [6, 6.07) is 17.4. The molecule has 0 saturated heterocycles. The number of primary amides is 1. The number of thiazole rings is 1. The van der Waals surface area contributed by atoms with Gasteiger partial charge in [0.15, 0.2) is 5.13 Å². The van der Waals surface area contributed by atoms with Crippen molar-refractivity contribution in [3.8, 4) is 10.4 Å². The molecule has 0 radical (unpaired) electrons. The summed E-state index contributed by atoms with van der Waals surface area (Å²) >= 11 is 1.62. The Hall–Kier alpha value is -2.66. The number of aromatic nitrogens is 1. The Balaban J connectivity index is 1.65. The number of benzene rings is 2. The molecule has 22 heavy (non-hydrogen) atoms. The van der Waals surface area contributed by atoms with Gasteiger partial charge in [-0.15, -0.1) is 0 Å². The largest absolute Gasteiger partial charge is 0.366 e. The van der Waals surface area contributed by atoms with Gasteiger partial charge in [0, 0.05) is 18.3 Å². The molecule has 3 N–H and O–H groups in total.